The molecule has 0 atom stereocenters. The van der Waals surface area contributed by atoms with Crippen LogP contribution in [-0.2, 0) is 17.9 Å². The Hall–Kier alpha value is -1.21. The maximum Gasteiger partial charge on any atom is 0.141 e. The summed E-state index contributed by atoms with van der Waals surface area (Å²) < 4.78 is 5.32. The summed E-state index contributed by atoms with van der Waals surface area (Å²) in [6.07, 6.45) is 2.68. The van der Waals surface area contributed by atoms with Crippen LogP contribution < -0.4 is 5.32 Å². The van der Waals surface area contributed by atoms with Crippen molar-refractivity contribution in [2.45, 2.75) is 26.5 Å². The number of pyridine rings is 1. The maximum atomic E-state index is 10.0. The molecule has 118 valence electrons. The van der Waals surface area contributed by atoms with Gasteiger partial charge < -0.3 is 20.3 Å². The topological polar surface area (TPSA) is 77.9 Å². The molecule has 0 aromatic carbocycles. The van der Waals surface area contributed by atoms with Crippen LogP contribution in [0.1, 0.15) is 23.2 Å². The van der Waals surface area contributed by atoms with Gasteiger partial charge >= 0.3 is 0 Å². The van der Waals surface area contributed by atoms with Gasteiger partial charge in [0.05, 0.1) is 25.5 Å². The summed E-state index contributed by atoms with van der Waals surface area (Å²) in [5, 5.41) is 22.7. The summed E-state index contributed by atoms with van der Waals surface area (Å²) in [6, 6.07) is 0. The minimum atomic E-state index is -0.106. The van der Waals surface area contributed by atoms with Gasteiger partial charge in [-0.15, -0.1) is 0 Å². The van der Waals surface area contributed by atoms with Gasteiger partial charge in [-0.2, -0.15) is 0 Å². The minimum Gasteiger partial charge on any atom is -0.506 e. The van der Waals surface area contributed by atoms with E-state index in [1.165, 1.54) is 0 Å². The van der Waals surface area contributed by atoms with Crippen LogP contribution in [0.5, 0.6) is 5.75 Å². The van der Waals surface area contributed by atoms with Gasteiger partial charge in [0.25, 0.3) is 0 Å². The van der Waals surface area contributed by atoms with Crippen molar-refractivity contribution in [1.29, 1.82) is 0 Å². The van der Waals surface area contributed by atoms with E-state index < -0.39 is 0 Å². The summed E-state index contributed by atoms with van der Waals surface area (Å²) in [7, 11) is 0. The highest BCUT2D eigenvalue weighted by Crippen LogP contribution is 2.23. The molecule has 1 aliphatic heterocycles. The summed E-state index contributed by atoms with van der Waals surface area (Å²) in [5.74, 6) is 0.183. The number of aromatic hydroxyl groups is 1. The van der Waals surface area contributed by atoms with Gasteiger partial charge in [0.15, 0.2) is 0 Å². The van der Waals surface area contributed by atoms with Crippen molar-refractivity contribution in [1.82, 2.24) is 15.2 Å². The number of nitrogens with one attached hydrogen (secondary N) is 1. The lowest BCUT2D eigenvalue weighted by atomic mass is 10.1. The van der Waals surface area contributed by atoms with E-state index in [1.54, 1.807) is 13.1 Å². The molecule has 1 aliphatic rings. The molecular formula is C15H25N3O3. The van der Waals surface area contributed by atoms with Crippen LogP contribution in [0.25, 0.3) is 0 Å². The summed E-state index contributed by atoms with van der Waals surface area (Å²) >= 11 is 0. The van der Waals surface area contributed by atoms with Crippen LogP contribution in [0.3, 0.4) is 0 Å². The van der Waals surface area contributed by atoms with E-state index in [4.69, 9.17) is 4.74 Å². The van der Waals surface area contributed by atoms with Crippen molar-refractivity contribution in [3.63, 3.8) is 0 Å². The highest BCUT2D eigenvalue weighted by Gasteiger charge is 2.11. The van der Waals surface area contributed by atoms with E-state index in [-0.39, 0.29) is 12.4 Å². The van der Waals surface area contributed by atoms with Crippen LogP contribution in [-0.4, -0.2) is 59.5 Å². The standard InChI is InChI=1S/C15H25N3O3/c1-12-15(20)14(13(11-19)9-17-12)10-16-3-2-4-18-5-7-21-8-6-18/h9,16,19-20H,2-8,10-11H2,1H3. The number of nitrogens with zero attached hydrogens (tertiary/aromatic N) is 2. The summed E-state index contributed by atoms with van der Waals surface area (Å²) in [4.78, 5) is 6.46. The molecule has 1 fully saturated rings. The highest BCUT2D eigenvalue weighted by molar-refractivity contribution is 5.40. The zero-order valence-corrected chi connectivity index (χ0v) is 12.6. The number of aromatic nitrogens is 1. The zero-order chi connectivity index (χ0) is 15.1. The average molecular weight is 295 g/mol. The minimum absolute atomic E-state index is 0.106. The molecule has 1 saturated heterocycles. The number of aliphatic hydroxyl groups is 1. The van der Waals surface area contributed by atoms with E-state index in [2.05, 4.69) is 15.2 Å². The van der Waals surface area contributed by atoms with E-state index in [9.17, 15) is 10.2 Å². The van der Waals surface area contributed by atoms with E-state index in [0.717, 1.165) is 51.4 Å². The first-order chi connectivity index (χ1) is 10.2. The van der Waals surface area contributed by atoms with Gasteiger partial charge in [0.1, 0.15) is 5.75 Å². The fraction of sp³-hybridized carbons (Fsp3) is 0.667. The fourth-order valence-electron chi connectivity index (χ4n) is 2.48. The molecule has 2 heterocycles. The Balaban J connectivity index is 1.74. The Morgan fingerprint density at radius 1 is 1.38 bits per heavy atom. The van der Waals surface area contributed by atoms with E-state index >= 15 is 0 Å². The average Bonchev–Trinajstić information content (AvgIpc) is 2.52. The number of hydrogen-bond donors (Lipinski definition) is 3. The lowest BCUT2D eigenvalue weighted by molar-refractivity contribution is 0.0374. The molecule has 6 heteroatoms. The van der Waals surface area contributed by atoms with Gasteiger partial charge in [-0.25, -0.2) is 0 Å². The predicted octanol–water partition coefficient (Wildman–Crippen LogP) is 0.400. The lowest BCUT2D eigenvalue weighted by Gasteiger charge is -2.26. The zero-order valence-electron chi connectivity index (χ0n) is 12.6. The molecule has 0 aliphatic carbocycles. The van der Waals surface area contributed by atoms with Gasteiger partial charge in [0, 0.05) is 37.0 Å². The van der Waals surface area contributed by atoms with Crippen molar-refractivity contribution in [3.05, 3.63) is 23.0 Å². The number of ether oxygens (including phenoxy) is 1. The Kier molecular flexibility index (Phi) is 6.38. The molecule has 1 aromatic rings. The number of aliphatic hydroxyl groups excluding tert-OH is 1. The van der Waals surface area contributed by atoms with Crippen molar-refractivity contribution in [2.24, 2.45) is 0 Å². The van der Waals surface area contributed by atoms with Gasteiger partial charge in [-0.05, 0) is 26.4 Å². The van der Waals surface area contributed by atoms with Crippen LogP contribution in [0.4, 0.5) is 0 Å². The third-order valence-corrected chi connectivity index (χ3v) is 3.83. The SMILES string of the molecule is Cc1ncc(CO)c(CNCCCN2CCOCC2)c1O. The van der Waals surface area contributed by atoms with E-state index in [1.807, 2.05) is 0 Å². The van der Waals surface area contributed by atoms with Crippen molar-refractivity contribution >= 4 is 0 Å². The van der Waals surface area contributed by atoms with Crippen molar-refractivity contribution in [2.75, 3.05) is 39.4 Å². The van der Waals surface area contributed by atoms with Crippen LogP contribution in [0, 0.1) is 6.92 Å². The Labute approximate surface area is 125 Å². The molecule has 0 bridgehead atoms. The largest absolute Gasteiger partial charge is 0.506 e. The molecular weight excluding hydrogens is 270 g/mol. The van der Waals surface area contributed by atoms with Crippen LogP contribution in [0.15, 0.2) is 6.20 Å². The second-order valence-electron chi connectivity index (χ2n) is 5.34. The highest BCUT2D eigenvalue weighted by atomic mass is 16.5. The number of morpholine rings is 1. The van der Waals surface area contributed by atoms with Crippen molar-refractivity contribution < 1.29 is 14.9 Å². The second-order valence-corrected chi connectivity index (χ2v) is 5.34. The molecule has 6 nitrogen and oxygen atoms in total. The molecule has 1 aromatic heterocycles. The number of aryl methyl sites for hydroxylation is 1. The third-order valence-electron chi connectivity index (χ3n) is 3.83. The molecule has 0 saturated carbocycles. The van der Waals surface area contributed by atoms with Crippen molar-refractivity contribution in [3.8, 4) is 5.75 Å². The molecule has 21 heavy (non-hydrogen) atoms. The first kappa shape index (κ1) is 16.2. The summed E-state index contributed by atoms with van der Waals surface area (Å²) in [5.41, 5.74) is 2.02. The Bertz CT molecular complexity index is 448. The first-order valence-electron chi connectivity index (χ1n) is 7.50. The number of hydrogen-bond acceptors (Lipinski definition) is 6. The molecule has 0 spiro atoms. The monoisotopic (exact) mass is 295 g/mol. The molecule has 0 unspecified atom stereocenters. The molecule has 0 amide bonds. The van der Waals surface area contributed by atoms with Crippen LogP contribution in [0.2, 0.25) is 0 Å². The van der Waals surface area contributed by atoms with E-state index in [0.29, 0.717) is 17.8 Å². The first-order valence-corrected chi connectivity index (χ1v) is 7.50. The third kappa shape index (κ3) is 4.64. The fourth-order valence-corrected chi connectivity index (χ4v) is 2.48. The lowest BCUT2D eigenvalue weighted by Crippen LogP contribution is -2.37. The van der Waals surface area contributed by atoms with Crippen LogP contribution >= 0.6 is 0 Å². The summed E-state index contributed by atoms with van der Waals surface area (Å²) in [6.45, 7) is 7.83. The molecule has 3 N–H and O–H groups in total. The van der Waals surface area contributed by atoms with Gasteiger partial charge in [-0.3, -0.25) is 9.88 Å². The van der Waals surface area contributed by atoms with Gasteiger partial charge in [0.2, 0.25) is 0 Å². The number of rotatable bonds is 7. The van der Waals surface area contributed by atoms with Gasteiger partial charge in [-0.1, -0.05) is 0 Å². The quantitative estimate of drug-likeness (QED) is 0.632. The Morgan fingerprint density at radius 3 is 2.86 bits per heavy atom. The smallest absolute Gasteiger partial charge is 0.141 e. The molecule has 0 radical (unpaired) electrons. The Morgan fingerprint density at radius 2 is 2.14 bits per heavy atom. The maximum absolute atomic E-state index is 10.0. The normalized spacial score (nSPS) is 16.3. The predicted molar refractivity (Wildman–Crippen MR) is 80.1 cm³/mol. The molecule has 2 rings (SSSR count). The second kappa shape index (κ2) is 8.29.